The Morgan fingerprint density at radius 3 is 2.31 bits per heavy atom. The summed E-state index contributed by atoms with van der Waals surface area (Å²) in [6.07, 6.45) is 11.1. The fourth-order valence-corrected chi connectivity index (χ4v) is 3.82. The van der Waals surface area contributed by atoms with E-state index >= 15 is 0 Å². The van der Waals surface area contributed by atoms with E-state index in [9.17, 15) is 4.79 Å². The highest BCUT2D eigenvalue weighted by Gasteiger charge is 2.34. The molecule has 3 nitrogen and oxygen atoms in total. The van der Waals surface area contributed by atoms with Crippen LogP contribution >= 0.6 is 0 Å². The summed E-state index contributed by atoms with van der Waals surface area (Å²) in [5.41, 5.74) is 1.57. The number of ether oxygens (including phenoxy) is 1. The van der Waals surface area contributed by atoms with Crippen LogP contribution in [0, 0.1) is 5.92 Å². The average molecular weight is 360 g/mol. The minimum atomic E-state index is -0.406. The Balaban J connectivity index is 1.78. The van der Waals surface area contributed by atoms with Gasteiger partial charge in [-0.3, -0.25) is 0 Å². The van der Waals surface area contributed by atoms with Crippen LogP contribution in [0.3, 0.4) is 0 Å². The zero-order valence-corrected chi connectivity index (χ0v) is 17.0. The standard InChI is InChI=1S/C23H37NO2/c1-4-5-6-7-8-9-10-19-11-13-20(14-12-19)22(25)26-23(2,3)21-15-17-24-18-16-21/h11-14,21,24H,4-10,15-18H2,1-3H3. The molecule has 1 aliphatic heterocycles. The Kier molecular flexibility index (Phi) is 8.64. The van der Waals surface area contributed by atoms with Gasteiger partial charge in [-0.2, -0.15) is 0 Å². The third-order valence-electron chi connectivity index (χ3n) is 5.69. The van der Waals surface area contributed by atoms with Crippen molar-refractivity contribution in [1.82, 2.24) is 5.32 Å². The van der Waals surface area contributed by atoms with Crippen molar-refractivity contribution in [3.8, 4) is 0 Å². The van der Waals surface area contributed by atoms with Gasteiger partial charge < -0.3 is 10.1 Å². The molecule has 0 amide bonds. The van der Waals surface area contributed by atoms with E-state index < -0.39 is 5.60 Å². The van der Waals surface area contributed by atoms with Crippen molar-refractivity contribution in [2.45, 2.75) is 84.2 Å². The van der Waals surface area contributed by atoms with Crippen LogP contribution in [-0.4, -0.2) is 24.7 Å². The van der Waals surface area contributed by atoms with Crippen LogP contribution in [0.25, 0.3) is 0 Å². The molecule has 0 radical (unpaired) electrons. The van der Waals surface area contributed by atoms with Gasteiger partial charge in [-0.1, -0.05) is 51.2 Å². The highest BCUT2D eigenvalue weighted by Crippen LogP contribution is 2.29. The van der Waals surface area contributed by atoms with Gasteiger partial charge in [-0.15, -0.1) is 0 Å². The third kappa shape index (κ3) is 6.75. The van der Waals surface area contributed by atoms with Crippen LogP contribution in [0.15, 0.2) is 24.3 Å². The molecular formula is C23H37NO2. The molecule has 1 aromatic rings. The number of carbonyl (C=O) groups is 1. The number of hydrogen-bond acceptors (Lipinski definition) is 3. The first-order chi connectivity index (χ1) is 12.5. The van der Waals surface area contributed by atoms with Gasteiger partial charge in [0.1, 0.15) is 5.60 Å². The quantitative estimate of drug-likeness (QED) is 0.441. The molecule has 2 rings (SSSR count). The third-order valence-corrected chi connectivity index (χ3v) is 5.69. The Morgan fingerprint density at radius 2 is 1.65 bits per heavy atom. The van der Waals surface area contributed by atoms with Crippen molar-refractivity contribution in [3.05, 3.63) is 35.4 Å². The second kappa shape index (κ2) is 10.7. The molecule has 1 fully saturated rings. The molecule has 0 bridgehead atoms. The summed E-state index contributed by atoms with van der Waals surface area (Å²) in [6.45, 7) is 8.37. The largest absolute Gasteiger partial charge is 0.456 e. The van der Waals surface area contributed by atoms with E-state index in [0.717, 1.165) is 32.4 Å². The number of benzene rings is 1. The van der Waals surface area contributed by atoms with E-state index in [4.69, 9.17) is 4.74 Å². The lowest BCUT2D eigenvalue weighted by Crippen LogP contribution is -2.42. The average Bonchev–Trinajstić information content (AvgIpc) is 2.65. The lowest BCUT2D eigenvalue weighted by atomic mass is 9.83. The molecule has 1 heterocycles. The molecule has 0 saturated carbocycles. The van der Waals surface area contributed by atoms with E-state index in [0.29, 0.717) is 11.5 Å². The minimum Gasteiger partial charge on any atom is -0.456 e. The summed E-state index contributed by atoms with van der Waals surface area (Å²) in [5, 5.41) is 3.37. The van der Waals surface area contributed by atoms with Gasteiger partial charge in [0.05, 0.1) is 5.56 Å². The molecule has 0 atom stereocenters. The summed E-state index contributed by atoms with van der Waals surface area (Å²) < 4.78 is 5.87. The summed E-state index contributed by atoms with van der Waals surface area (Å²) in [4.78, 5) is 12.5. The van der Waals surface area contributed by atoms with Crippen molar-refractivity contribution >= 4 is 5.97 Å². The molecule has 26 heavy (non-hydrogen) atoms. The molecule has 146 valence electrons. The van der Waals surface area contributed by atoms with Crippen molar-refractivity contribution in [2.75, 3.05) is 13.1 Å². The summed E-state index contributed by atoms with van der Waals surface area (Å²) in [6, 6.07) is 8.01. The Morgan fingerprint density at radius 1 is 1.04 bits per heavy atom. The van der Waals surface area contributed by atoms with Gasteiger partial charge in [-0.25, -0.2) is 4.79 Å². The smallest absolute Gasteiger partial charge is 0.338 e. The molecule has 1 aromatic carbocycles. The number of piperidine rings is 1. The number of nitrogens with one attached hydrogen (secondary N) is 1. The fourth-order valence-electron chi connectivity index (χ4n) is 3.82. The SMILES string of the molecule is CCCCCCCCc1ccc(C(=O)OC(C)(C)C2CCNCC2)cc1. The van der Waals surface area contributed by atoms with Crippen LogP contribution in [0.2, 0.25) is 0 Å². The number of esters is 1. The predicted molar refractivity (Wildman–Crippen MR) is 109 cm³/mol. The number of rotatable bonds is 10. The minimum absolute atomic E-state index is 0.195. The van der Waals surface area contributed by atoms with Crippen LogP contribution in [-0.2, 0) is 11.2 Å². The van der Waals surface area contributed by atoms with Gasteiger partial charge in [-0.05, 0) is 70.3 Å². The maximum Gasteiger partial charge on any atom is 0.338 e. The van der Waals surface area contributed by atoms with Crippen molar-refractivity contribution < 1.29 is 9.53 Å². The van der Waals surface area contributed by atoms with E-state index in [1.165, 1.54) is 44.1 Å². The normalized spacial score (nSPS) is 15.8. The lowest BCUT2D eigenvalue weighted by molar-refractivity contribution is -0.0368. The first-order valence-corrected chi connectivity index (χ1v) is 10.6. The van der Waals surface area contributed by atoms with Gasteiger partial charge in [0.15, 0.2) is 0 Å². The van der Waals surface area contributed by atoms with Crippen molar-refractivity contribution in [1.29, 1.82) is 0 Å². The molecule has 0 spiro atoms. The Hall–Kier alpha value is -1.35. The number of unbranched alkanes of at least 4 members (excludes halogenated alkanes) is 5. The van der Waals surface area contributed by atoms with Gasteiger partial charge in [0.25, 0.3) is 0 Å². The molecule has 0 aliphatic carbocycles. The lowest BCUT2D eigenvalue weighted by Gasteiger charge is -2.36. The highest BCUT2D eigenvalue weighted by molar-refractivity contribution is 5.89. The monoisotopic (exact) mass is 359 g/mol. The zero-order chi connectivity index (χ0) is 18.8. The Bertz CT molecular complexity index is 530. The fraction of sp³-hybridized carbons (Fsp3) is 0.696. The topological polar surface area (TPSA) is 38.3 Å². The van der Waals surface area contributed by atoms with Crippen molar-refractivity contribution in [3.63, 3.8) is 0 Å². The van der Waals surface area contributed by atoms with Gasteiger partial charge in [0.2, 0.25) is 0 Å². The molecular weight excluding hydrogens is 322 g/mol. The first kappa shape index (κ1) is 21.0. The van der Waals surface area contributed by atoms with Gasteiger partial charge in [0, 0.05) is 5.92 Å². The Labute approximate surface area is 159 Å². The van der Waals surface area contributed by atoms with E-state index in [-0.39, 0.29) is 5.97 Å². The number of aryl methyl sites for hydroxylation is 1. The maximum absolute atomic E-state index is 12.5. The van der Waals surface area contributed by atoms with Crippen molar-refractivity contribution in [2.24, 2.45) is 5.92 Å². The predicted octanol–water partition coefficient (Wildman–Crippen LogP) is 5.52. The number of hydrogen-bond donors (Lipinski definition) is 1. The molecule has 0 unspecified atom stereocenters. The van der Waals surface area contributed by atoms with E-state index in [2.05, 4.69) is 24.4 Å². The van der Waals surface area contributed by atoms with E-state index in [1.54, 1.807) is 0 Å². The summed E-state index contributed by atoms with van der Waals surface area (Å²) in [5.74, 6) is 0.235. The first-order valence-electron chi connectivity index (χ1n) is 10.6. The molecule has 0 aromatic heterocycles. The van der Waals surface area contributed by atoms with Crippen LogP contribution in [0.5, 0.6) is 0 Å². The molecule has 1 aliphatic rings. The molecule has 3 heteroatoms. The highest BCUT2D eigenvalue weighted by atomic mass is 16.6. The zero-order valence-electron chi connectivity index (χ0n) is 17.0. The van der Waals surface area contributed by atoms with Crippen LogP contribution < -0.4 is 5.32 Å². The molecule has 1 N–H and O–H groups in total. The van der Waals surface area contributed by atoms with Gasteiger partial charge >= 0.3 is 5.97 Å². The second-order valence-electron chi connectivity index (χ2n) is 8.23. The summed E-state index contributed by atoms with van der Waals surface area (Å²) >= 11 is 0. The molecule has 1 saturated heterocycles. The summed E-state index contributed by atoms with van der Waals surface area (Å²) in [7, 11) is 0. The van der Waals surface area contributed by atoms with Crippen LogP contribution in [0.4, 0.5) is 0 Å². The second-order valence-corrected chi connectivity index (χ2v) is 8.23. The van der Waals surface area contributed by atoms with E-state index in [1.807, 2.05) is 26.0 Å². The maximum atomic E-state index is 12.5. The number of carbonyl (C=O) groups excluding carboxylic acids is 1. The van der Waals surface area contributed by atoms with Crippen LogP contribution in [0.1, 0.15) is 88.1 Å².